The normalized spacial score (nSPS) is 11.1. The largest absolute Gasteiger partial charge is 0.325 e. The number of pyridine rings is 1. The third-order valence-electron chi connectivity index (χ3n) is 6.07. The fourth-order valence-corrected chi connectivity index (χ4v) is 4.71. The van der Waals surface area contributed by atoms with Gasteiger partial charge in [0.2, 0.25) is 5.91 Å². The molecule has 0 fully saturated rings. The quantitative estimate of drug-likeness (QED) is 0.300. The number of fused-ring (bicyclic) bond motifs is 1. The van der Waals surface area contributed by atoms with E-state index in [0.29, 0.717) is 5.16 Å². The second kappa shape index (κ2) is 9.72. The Balaban J connectivity index is 1.42. The number of hydrogen-bond donors (Lipinski definition) is 1. The maximum Gasteiger partial charge on any atom is 0.234 e. The molecule has 0 bridgehead atoms. The van der Waals surface area contributed by atoms with Gasteiger partial charge in [0.05, 0.1) is 17.0 Å². The number of anilines is 1. The lowest BCUT2D eigenvalue weighted by molar-refractivity contribution is -0.113. The highest BCUT2D eigenvalue weighted by Gasteiger charge is 2.17. The molecule has 1 amide bonds. The summed E-state index contributed by atoms with van der Waals surface area (Å²) in [5, 5.41) is 13.6. The smallest absolute Gasteiger partial charge is 0.234 e. The second-order valence-corrected chi connectivity index (χ2v) is 9.33. The highest BCUT2D eigenvalue weighted by atomic mass is 32.2. The number of para-hydroxylation sites is 1. The molecular formula is C28H25N5OS. The monoisotopic (exact) mass is 479 g/mol. The predicted molar refractivity (Wildman–Crippen MR) is 142 cm³/mol. The zero-order chi connectivity index (χ0) is 24.4. The molecule has 174 valence electrons. The summed E-state index contributed by atoms with van der Waals surface area (Å²) < 4.78 is 1.94. The molecule has 0 saturated carbocycles. The summed E-state index contributed by atoms with van der Waals surface area (Å²) in [4.78, 5) is 17.5. The van der Waals surface area contributed by atoms with Crippen molar-refractivity contribution in [1.82, 2.24) is 19.7 Å². The minimum atomic E-state index is -0.0750. The van der Waals surface area contributed by atoms with Crippen molar-refractivity contribution < 1.29 is 4.79 Å². The van der Waals surface area contributed by atoms with Crippen LogP contribution in [0.15, 0.2) is 84.0 Å². The topological polar surface area (TPSA) is 72.7 Å². The summed E-state index contributed by atoms with van der Waals surface area (Å²) in [6.45, 7) is 4.04. The van der Waals surface area contributed by atoms with Crippen LogP contribution >= 0.6 is 11.8 Å². The van der Waals surface area contributed by atoms with E-state index in [1.165, 1.54) is 11.8 Å². The van der Waals surface area contributed by atoms with E-state index in [4.69, 9.17) is 4.98 Å². The van der Waals surface area contributed by atoms with Crippen molar-refractivity contribution in [2.24, 2.45) is 7.05 Å². The number of hydrogen-bond acceptors (Lipinski definition) is 5. The lowest BCUT2D eigenvalue weighted by Crippen LogP contribution is -2.15. The van der Waals surface area contributed by atoms with Crippen molar-refractivity contribution >= 4 is 34.3 Å². The van der Waals surface area contributed by atoms with Gasteiger partial charge in [-0.05, 0) is 43.2 Å². The molecule has 2 aromatic heterocycles. The molecule has 0 spiro atoms. The standard InChI is InChI=1S/C28H25N5OS/c1-18-10-9-15-23(19(18)2)30-26(34)17-35-28-32-31-27(33(28)3)22-16-25(20-11-5-4-6-12-20)29-24-14-8-7-13-21(22)24/h4-16H,17H2,1-3H3,(H,30,34). The van der Waals surface area contributed by atoms with Crippen molar-refractivity contribution in [2.75, 3.05) is 11.1 Å². The summed E-state index contributed by atoms with van der Waals surface area (Å²) in [6.07, 6.45) is 0. The minimum absolute atomic E-state index is 0.0750. The van der Waals surface area contributed by atoms with Crippen LogP contribution in [0.2, 0.25) is 0 Å². The van der Waals surface area contributed by atoms with Gasteiger partial charge in [-0.2, -0.15) is 0 Å². The average molecular weight is 480 g/mol. The SMILES string of the molecule is Cc1cccc(NC(=O)CSc2nnc(-c3cc(-c4ccccc4)nc4ccccc34)n2C)c1C. The number of thioether (sulfide) groups is 1. The molecule has 5 aromatic rings. The maximum absolute atomic E-state index is 12.6. The van der Waals surface area contributed by atoms with Crippen LogP contribution in [0.5, 0.6) is 0 Å². The van der Waals surface area contributed by atoms with Gasteiger partial charge in [0.1, 0.15) is 0 Å². The van der Waals surface area contributed by atoms with Gasteiger partial charge in [-0.25, -0.2) is 4.98 Å². The van der Waals surface area contributed by atoms with Crippen LogP contribution in [-0.4, -0.2) is 31.4 Å². The second-order valence-electron chi connectivity index (χ2n) is 8.39. The fraction of sp³-hybridized carbons (Fsp3) is 0.143. The van der Waals surface area contributed by atoms with E-state index in [2.05, 4.69) is 21.6 Å². The van der Waals surface area contributed by atoms with Crippen LogP contribution in [-0.2, 0) is 11.8 Å². The van der Waals surface area contributed by atoms with Crippen LogP contribution in [0.25, 0.3) is 33.5 Å². The predicted octanol–water partition coefficient (Wildman–Crippen LogP) is 6.04. The van der Waals surface area contributed by atoms with Crippen molar-refractivity contribution in [3.8, 4) is 22.6 Å². The van der Waals surface area contributed by atoms with Gasteiger partial charge in [-0.1, -0.05) is 72.4 Å². The molecule has 0 atom stereocenters. The molecule has 3 aromatic carbocycles. The first-order valence-corrected chi connectivity index (χ1v) is 12.3. The van der Waals surface area contributed by atoms with Gasteiger partial charge >= 0.3 is 0 Å². The first-order chi connectivity index (χ1) is 17.0. The lowest BCUT2D eigenvalue weighted by Gasteiger charge is -2.11. The summed E-state index contributed by atoms with van der Waals surface area (Å²) in [5.41, 5.74) is 6.83. The molecule has 0 unspecified atom stereocenters. The van der Waals surface area contributed by atoms with Gasteiger partial charge < -0.3 is 9.88 Å². The Bertz CT molecular complexity index is 1530. The number of aryl methyl sites for hydroxylation is 1. The Labute approximate surface area is 208 Å². The average Bonchev–Trinajstić information content (AvgIpc) is 3.25. The Morgan fingerprint density at radius 2 is 1.71 bits per heavy atom. The number of nitrogens with one attached hydrogen (secondary N) is 1. The number of benzene rings is 3. The Hall–Kier alpha value is -3.97. The molecule has 7 heteroatoms. The summed E-state index contributed by atoms with van der Waals surface area (Å²) in [5.74, 6) is 0.901. The lowest BCUT2D eigenvalue weighted by atomic mass is 10.0. The summed E-state index contributed by atoms with van der Waals surface area (Å²) in [7, 11) is 1.93. The third-order valence-corrected chi connectivity index (χ3v) is 7.09. The molecular weight excluding hydrogens is 454 g/mol. The first-order valence-electron chi connectivity index (χ1n) is 11.3. The zero-order valence-electron chi connectivity index (χ0n) is 19.8. The molecule has 0 aliphatic heterocycles. The Kier molecular flexibility index (Phi) is 6.33. The first kappa shape index (κ1) is 22.8. The Morgan fingerprint density at radius 1 is 0.943 bits per heavy atom. The highest BCUT2D eigenvalue weighted by molar-refractivity contribution is 7.99. The Morgan fingerprint density at radius 3 is 2.54 bits per heavy atom. The van der Waals surface area contributed by atoms with Crippen LogP contribution in [0.4, 0.5) is 5.69 Å². The minimum Gasteiger partial charge on any atom is -0.325 e. The molecule has 1 N–H and O–H groups in total. The van der Waals surface area contributed by atoms with Gasteiger partial charge in [0, 0.05) is 29.2 Å². The number of nitrogens with zero attached hydrogens (tertiary/aromatic N) is 4. The van der Waals surface area contributed by atoms with Crippen molar-refractivity contribution in [2.45, 2.75) is 19.0 Å². The van der Waals surface area contributed by atoms with E-state index >= 15 is 0 Å². The molecule has 5 rings (SSSR count). The van der Waals surface area contributed by atoms with Crippen molar-refractivity contribution in [1.29, 1.82) is 0 Å². The van der Waals surface area contributed by atoms with E-state index in [1.54, 1.807) is 0 Å². The van der Waals surface area contributed by atoms with Crippen molar-refractivity contribution in [3.05, 3.63) is 90.0 Å². The number of rotatable bonds is 6. The zero-order valence-corrected chi connectivity index (χ0v) is 20.6. The molecule has 0 aliphatic carbocycles. The molecule has 0 aliphatic rings. The summed E-state index contributed by atoms with van der Waals surface area (Å²) >= 11 is 1.37. The van der Waals surface area contributed by atoms with Crippen LogP contribution in [0.1, 0.15) is 11.1 Å². The van der Waals surface area contributed by atoms with E-state index < -0.39 is 0 Å². The van der Waals surface area contributed by atoms with Crippen LogP contribution < -0.4 is 5.32 Å². The maximum atomic E-state index is 12.6. The number of carbonyl (C=O) groups is 1. The van der Waals surface area contributed by atoms with Gasteiger partial charge in [-0.3, -0.25) is 4.79 Å². The van der Waals surface area contributed by atoms with Crippen molar-refractivity contribution in [3.63, 3.8) is 0 Å². The molecule has 6 nitrogen and oxygen atoms in total. The van der Waals surface area contributed by atoms with E-state index in [1.807, 2.05) is 98.3 Å². The third kappa shape index (κ3) is 4.68. The van der Waals surface area contributed by atoms with Gasteiger partial charge in [0.15, 0.2) is 11.0 Å². The molecule has 35 heavy (non-hydrogen) atoms. The van der Waals surface area contributed by atoms with E-state index in [9.17, 15) is 4.79 Å². The molecule has 0 saturated heterocycles. The van der Waals surface area contributed by atoms with Gasteiger partial charge in [-0.15, -0.1) is 10.2 Å². The van der Waals surface area contributed by atoms with E-state index in [-0.39, 0.29) is 11.7 Å². The number of aromatic nitrogens is 4. The van der Waals surface area contributed by atoms with Gasteiger partial charge in [0.25, 0.3) is 0 Å². The number of amides is 1. The molecule has 2 heterocycles. The summed E-state index contributed by atoms with van der Waals surface area (Å²) in [6, 6.07) is 26.1. The van der Waals surface area contributed by atoms with Crippen LogP contribution in [0.3, 0.4) is 0 Å². The molecule has 0 radical (unpaired) electrons. The fourth-order valence-electron chi connectivity index (χ4n) is 4.00. The van der Waals surface area contributed by atoms with E-state index in [0.717, 1.165) is 50.4 Å². The highest BCUT2D eigenvalue weighted by Crippen LogP contribution is 2.32. The number of carbonyl (C=O) groups excluding carboxylic acids is 1. The van der Waals surface area contributed by atoms with Crippen LogP contribution in [0, 0.1) is 13.8 Å².